The molecule has 0 saturated carbocycles. The summed E-state index contributed by atoms with van der Waals surface area (Å²) in [5.74, 6) is -0.382. The molecule has 11 heteroatoms. The zero-order valence-electron chi connectivity index (χ0n) is 23.1. The summed E-state index contributed by atoms with van der Waals surface area (Å²) in [7, 11) is 0. The lowest BCUT2D eigenvalue weighted by Gasteiger charge is -2.44. The van der Waals surface area contributed by atoms with E-state index in [0.29, 0.717) is 40.7 Å². The highest BCUT2D eigenvalue weighted by atomic mass is 35.5. The number of hydrogen-bond acceptors (Lipinski definition) is 6. The molecule has 1 amide bonds. The molecule has 1 fully saturated rings. The summed E-state index contributed by atoms with van der Waals surface area (Å²) in [6.45, 7) is 12.2. The molecule has 8 nitrogen and oxygen atoms in total. The Kier molecular flexibility index (Phi) is 7.85. The van der Waals surface area contributed by atoms with Crippen molar-refractivity contribution in [2.24, 2.45) is 0 Å². The van der Waals surface area contributed by atoms with Crippen LogP contribution in [0, 0.1) is 5.82 Å². The van der Waals surface area contributed by atoms with Crippen LogP contribution >= 0.6 is 23.2 Å². The number of nitrogens with zero attached hydrogens (tertiary/aromatic N) is 6. The van der Waals surface area contributed by atoms with Crippen LogP contribution in [0.2, 0.25) is 10.0 Å². The lowest BCUT2D eigenvalue weighted by molar-refractivity contribution is -0.128. The van der Waals surface area contributed by atoms with Gasteiger partial charge in [0.25, 0.3) is 0 Å². The van der Waals surface area contributed by atoms with E-state index < -0.39 is 11.5 Å². The van der Waals surface area contributed by atoms with Gasteiger partial charge in [-0.3, -0.25) is 9.78 Å². The Hall–Kier alpha value is -3.82. The number of carbonyl (C=O) groups excluding carboxylic acids is 1. The van der Waals surface area contributed by atoms with Crippen LogP contribution in [0.4, 0.5) is 10.2 Å². The third-order valence-electron chi connectivity index (χ3n) is 7.32. The van der Waals surface area contributed by atoms with Crippen molar-refractivity contribution < 1.29 is 9.18 Å². The topological polar surface area (TPSA) is 84.2 Å². The van der Waals surface area contributed by atoms with Gasteiger partial charge < -0.3 is 9.80 Å². The Morgan fingerprint density at radius 3 is 2.51 bits per heavy atom. The largest absolute Gasteiger partial charge is 0.355 e. The number of piperazine rings is 1. The third-order valence-corrected chi connectivity index (χ3v) is 7.91. The standard InChI is InChI=1S/C30H29Cl2FN6O2/c1-6-24(40)37-14-18(5)38(15-17(37)4)28-20-13-22(32)26(19-9-7-8-10-23(19)33)35-29(20)39(30(41)36-28)27-21(31)11-12-34-25(27)16(2)3/h6-13,16-18H,1,14-15H2,2-5H3. The molecule has 1 aliphatic heterocycles. The van der Waals surface area contributed by atoms with Crippen LogP contribution in [0.3, 0.4) is 0 Å². The van der Waals surface area contributed by atoms with Gasteiger partial charge in [0.1, 0.15) is 11.6 Å². The van der Waals surface area contributed by atoms with E-state index in [-0.39, 0.29) is 45.8 Å². The molecule has 212 valence electrons. The van der Waals surface area contributed by atoms with Crippen LogP contribution in [0.1, 0.15) is 39.3 Å². The van der Waals surface area contributed by atoms with Crippen molar-refractivity contribution in [3.8, 4) is 16.9 Å². The molecule has 3 aromatic heterocycles. The van der Waals surface area contributed by atoms with Gasteiger partial charge in [-0.25, -0.2) is 18.7 Å². The van der Waals surface area contributed by atoms with Crippen molar-refractivity contribution in [2.75, 3.05) is 18.0 Å². The fraction of sp³-hybridized carbons (Fsp3) is 0.300. The molecule has 2 atom stereocenters. The second-order valence-corrected chi connectivity index (χ2v) is 11.3. The first-order valence-corrected chi connectivity index (χ1v) is 14.0. The van der Waals surface area contributed by atoms with Gasteiger partial charge in [0.2, 0.25) is 5.91 Å². The molecule has 0 spiro atoms. The van der Waals surface area contributed by atoms with Crippen molar-refractivity contribution in [1.29, 1.82) is 0 Å². The van der Waals surface area contributed by atoms with Gasteiger partial charge in [-0.1, -0.05) is 55.8 Å². The number of carbonyl (C=O) groups is 1. The minimum atomic E-state index is -0.622. The molecule has 1 saturated heterocycles. The summed E-state index contributed by atoms with van der Waals surface area (Å²) in [5.41, 5.74) is 0.897. The lowest BCUT2D eigenvalue weighted by atomic mass is 10.1. The molecule has 0 bridgehead atoms. The van der Waals surface area contributed by atoms with Crippen molar-refractivity contribution >= 4 is 46.0 Å². The van der Waals surface area contributed by atoms with E-state index in [2.05, 4.69) is 16.5 Å². The van der Waals surface area contributed by atoms with E-state index in [9.17, 15) is 14.0 Å². The molecule has 4 aromatic rings. The molecule has 4 heterocycles. The average molecular weight is 596 g/mol. The molecule has 5 rings (SSSR count). The molecular formula is C30H29Cl2FN6O2. The summed E-state index contributed by atoms with van der Waals surface area (Å²) >= 11 is 13.4. The first-order chi connectivity index (χ1) is 19.5. The predicted octanol–water partition coefficient (Wildman–Crippen LogP) is 6.02. The van der Waals surface area contributed by atoms with Crippen LogP contribution < -0.4 is 10.6 Å². The summed E-state index contributed by atoms with van der Waals surface area (Å²) in [5, 5.41) is 0.967. The highest BCUT2D eigenvalue weighted by Gasteiger charge is 2.34. The number of anilines is 1. The quantitative estimate of drug-likeness (QED) is 0.262. The maximum Gasteiger partial charge on any atom is 0.355 e. The number of aromatic nitrogens is 4. The van der Waals surface area contributed by atoms with E-state index in [1.165, 1.54) is 16.7 Å². The molecule has 0 radical (unpaired) electrons. The molecule has 41 heavy (non-hydrogen) atoms. The van der Waals surface area contributed by atoms with Gasteiger partial charge in [0.15, 0.2) is 5.65 Å². The lowest BCUT2D eigenvalue weighted by Crippen LogP contribution is -2.58. The first kappa shape index (κ1) is 28.7. The monoisotopic (exact) mass is 594 g/mol. The van der Waals surface area contributed by atoms with E-state index in [1.807, 2.05) is 32.6 Å². The second kappa shape index (κ2) is 11.2. The van der Waals surface area contributed by atoms with Crippen LogP contribution in [-0.4, -0.2) is 55.5 Å². The number of pyridine rings is 2. The third kappa shape index (κ3) is 5.08. The summed E-state index contributed by atoms with van der Waals surface area (Å²) in [6, 6.07) is 9.05. The van der Waals surface area contributed by atoms with Gasteiger partial charge in [-0.15, -0.1) is 0 Å². The molecule has 1 aliphatic rings. The highest BCUT2D eigenvalue weighted by Crippen LogP contribution is 2.37. The smallest absolute Gasteiger partial charge is 0.349 e. The minimum Gasteiger partial charge on any atom is -0.349 e. The zero-order chi connectivity index (χ0) is 29.6. The number of halogens is 3. The summed E-state index contributed by atoms with van der Waals surface area (Å²) in [6.07, 6.45) is 2.88. The average Bonchev–Trinajstić information content (AvgIpc) is 2.94. The predicted molar refractivity (Wildman–Crippen MR) is 161 cm³/mol. The van der Waals surface area contributed by atoms with Gasteiger partial charge in [-0.2, -0.15) is 4.98 Å². The van der Waals surface area contributed by atoms with Crippen LogP contribution in [0.25, 0.3) is 28.0 Å². The number of fused-ring (bicyclic) bond motifs is 1. The molecule has 0 N–H and O–H groups in total. The van der Waals surface area contributed by atoms with E-state index >= 15 is 0 Å². The van der Waals surface area contributed by atoms with Crippen molar-refractivity contribution in [1.82, 2.24) is 24.4 Å². The Morgan fingerprint density at radius 1 is 1.10 bits per heavy atom. The van der Waals surface area contributed by atoms with E-state index in [0.717, 1.165) is 0 Å². The van der Waals surface area contributed by atoms with Crippen LogP contribution in [0.15, 0.2) is 60.0 Å². The van der Waals surface area contributed by atoms with E-state index in [4.69, 9.17) is 28.2 Å². The summed E-state index contributed by atoms with van der Waals surface area (Å²) in [4.78, 5) is 43.9. The van der Waals surface area contributed by atoms with Crippen LogP contribution in [0.5, 0.6) is 0 Å². The maximum absolute atomic E-state index is 14.9. The van der Waals surface area contributed by atoms with Crippen molar-refractivity contribution in [3.63, 3.8) is 0 Å². The number of benzene rings is 1. The fourth-order valence-corrected chi connectivity index (χ4v) is 5.79. The summed E-state index contributed by atoms with van der Waals surface area (Å²) < 4.78 is 16.3. The normalized spacial score (nSPS) is 17.4. The van der Waals surface area contributed by atoms with E-state index in [1.54, 1.807) is 41.4 Å². The zero-order valence-corrected chi connectivity index (χ0v) is 24.6. The number of amides is 1. The SMILES string of the molecule is C=CC(=O)N1CC(C)N(c2nc(=O)n(-c3c(Cl)ccnc3C(C)C)c3nc(-c4ccccc4F)c(Cl)cc23)CC1C. The Morgan fingerprint density at radius 2 is 1.83 bits per heavy atom. The second-order valence-electron chi connectivity index (χ2n) is 10.4. The number of hydrogen-bond donors (Lipinski definition) is 0. The first-order valence-electron chi connectivity index (χ1n) is 13.3. The fourth-order valence-electron chi connectivity index (χ4n) is 5.30. The van der Waals surface area contributed by atoms with Gasteiger partial charge in [-0.05, 0) is 50.1 Å². The Labute approximate surface area is 247 Å². The molecule has 0 aliphatic carbocycles. The maximum atomic E-state index is 14.9. The van der Waals surface area contributed by atoms with Crippen molar-refractivity contribution in [2.45, 2.75) is 45.7 Å². The molecule has 1 aromatic carbocycles. The molecular weight excluding hydrogens is 566 g/mol. The Bertz CT molecular complexity index is 1740. The molecule has 2 unspecified atom stereocenters. The van der Waals surface area contributed by atoms with Gasteiger partial charge in [0.05, 0.1) is 32.5 Å². The van der Waals surface area contributed by atoms with Gasteiger partial charge in [0, 0.05) is 36.9 Å². The number of rotatable bonds is 5. The Balaban J connectivity index is 1.83. The van der Waals surface area contributed by atoms with Gasteiger partial charge >= 0.3 is 5.69 Å². The highest BCUT2D eigenvalue weighted by molar-refractivity contribution is 6.34. The van der Waals surface area contributed by atoms with Crippen molar-refractivity contribution in [3.05, 3.63) is 87.3 Å². The minimum absolute atomic E-state index is 0.0833. The van der Waals surface area contributed by atoms with Crippen LogP contribution in [-0.2, 0) is 4.79 Å².